The topological polar surface area (TPSA) is 21.1 Å². The molecule has 26 heavy (non-hydrogen) atoms. The van der Waals surface area contributed by atoms with Gasteiger partial charge in [0.25, 0.3) is 0 Å². The van der Waals surface area contributed by atoms with Crippen molar-refractivity contribution >= 4 is 0 Å². The number of aromatic nitrogens is 2. The summed E-state index contributed by atoms with van der Waals surface area (Å²) in [6.07, 6.45) is 9.38. The lowest BCUT2D eigenvalue weighted by atomic mass is 9.92. The van der Waals surface area contributed by atoms with Gasteiger partial charge in [-0.2, -0.15) is 5.10 Å². The average Bonchev–Trinajstić information content (AvgIpc) is 3.33. The zero-order valence-electron chi connectivity index (χ0n) is 16.2. The summed E-state index contributed by atoms with van der Waals surface area (Å²) in [7, 11) is 0. The zero-order valence-corrected chi connectivity index (χ0v) is 16.2. The quantitative estimate of drug-likeness (QED) is 0.741. The fourth-order valence-electron chi connectivity index (χ4n) is 4.93. The number of aryl methyl sites for hydroxylation is 1. The molecular weight excluding hydrogens is 318 g/mol. The summed E-state index contributed by atoms with van der Waals surface area (Å²) in [5.41, 5.74) is 4.05. The third-order valence-electron chi connectivity index (χ3n) is 6.39. The van der Waals surface area contributed by atoms with Crippen molar-refractivity contribution in [2.24, 2.45) is 5.92 Å². The van der Waals surface area contributed by atoms with Crippen LogP contribution in [0, 0.1) is 5.92 Å². The van der Waals surface area contributed by atoms with Crippen molar-refractivity contribution in [1.82, 2.24) is 14.7 Å². The normalized spacial score (nSPS) is 20.0. The summed E-state index contributed by atoms with van der Waals surface area (Å²) >= 11 is 0. The Morgan fingerprint density at radius 1 is 1.00 bits per heavy atom. The molecule has 1 aliphatic heterocycles. The Labute approximate surface area is 158 Å². The van der Waals surface area contributed by atoms with E-state index in [1.54, 1.807) is 0 Å². The lowest BCUT2D eigenvalue weighted by molar-refractivity contribution is 0.181. The third kappa shape index (κ3) is 4.20. The van der Waals surface area contributed by atoms with Crippen molar-refractivity contribution in [3.8, 4) is 0 Å². The molecule has 1 saturated heterocycles. The van der Waals surface area contributed by atoms with E-state index >= 15 is 0 Å². The number of likely N-dealkylation sites (tertiary alicyclic amines) is 1. The molecule has 0 bridgehead atoms. The molecule has 0 amide bonds. The number of rotatable bonds is 6. The lowest BCUT2D eigenvalue weighted by Gasteiger charge is -2.33. The minimum absolute atomic E-state index is 0.687. The SMILES string of the molecule is CCn1nc(Cc2ccccc2)cc1C1CCN(CC2CCCC2)CC1. The third-order valence-corrected chi connectivity index (χ3v) is 6.39. The molecule has 1 aromatic carbocycles. The Morgan fingerprint density at radius 2 is 1.73 bits per heavy atom. The molecule has 0 spiro atoms. The molecule has 3 nitrogen and oxygen atoms in total. The highest BCUT2D eigenvalue weighted by molar-refractivity contribution is 5.24. The average molecular weight is 352 g/mol. The molecule has 2 heterocycles. The van der Waals surface area contributed by atoms with E-state index in [0.717, 1.165) is 18.9 Å². The lowest BCUT2D eigenvalue weighted by Crippen LogP contribution is -2.36. The maximum Gasteiger partial charge on any atom is 0.0671 e. The summed E-state index contributed by atoms with van der Waals surface area (Å²) in [5, 5.41) is 4.90. The molecule has 1 aliphatic carbocycles. The monoisotopic (exact) mass is 351 g/mol. The Hall–Kier alpha value is -1.61. The van der Waals surface area contributed by atoms with Gasteiger partial charge in [0.2, 0.25) is 0 Å². The predicted molar refractivity (Wildman–Crippen MR) is 108 cm³/mol. The van der Waals surface area contributed by atoms with Crippen molar-refractivity contribution in [2.45, 2.75) is 64.3 Å². The fourth-order valence-corrected chi connectivity index (χ4v) is 4.93. The van der Waals surface area contributed by atoms with Crippen LogP contribution in [0.25, 0.3) is 0 Å². The van der Waals surface area contributed by atoms with Gasteiger partial charge >= 0.3 is 0 Å². The van der Waals surface area contributed by atoms with E-state index in [1.807, 2.05) is 0 Å². The molecule has 140 valence electrons. The van der Waals surface area contributed by atoms with E-state index in [2.05, 4.69) is 52.9 Å². The molecular formula is C23H33N3. The van der Waals surface area contributed by atoms with Crippen molar-refractivity contribution < 1.29 is 0 Å². The highest BCUT2D eigenvalue weighted by atomic mass is 15.3. The van der Waals surface area contributed by atoms with Gasteiger partial charge < -0.3 is 4.90 Å². The van der Waals surface area contributed by atoms with E-state index in [-0.39, 0.29) is 0 Å². The van der Waals surface area contributed by atoms with Crippen LogP contribution in [0.2, 0.25) is 0 Å². The van der Waals surface area contributed by atoms with E-state index in [9.17, 15) is 0 Å². The molecule has 3 heteroatoms. The van der Waals surface area contributed by atoms with E-state index in [1.165, 1.54) is 75.1 Å². The van der Waals surface area contributed by atoms with Crippen molar-refractivity contribution in [1.29, 1.82) is 0 Å². The van der Waals surface area contributed by atoms with Gasteiger partial charge in [-0.25, -0.2) is 0 Å². The molecule has 1 saturated carbocycles. The maximum atomic E-state index is 4.90. The Morgan fingerprint density at radius 3 is 2.42 bits per heavy atom. The second-order valence-corrected chi connectivity index (χ2v) is 8.26. The van der Waals surface area contributed by atoms with Crippen LogP contribution in [-0.4, -0.2) is 34.3 Å². The summed E-state index contributed by atoms with van der Waals surface area (Å²) in [6, 6.07) is 13.1. The molecule has 0 N–H and O–H groups in total. The van der Waals surface area contributed by atoms with Gasteiger partial charge in [0.1, 0.15) is 0 Å². The number of benzene rings is 1. The molecule has 4 rings (SSSR count). The number of hydrogen-bond donors (Lipinski definition) is 0. The van der Waals surface area contributed by atoms with Crippen LogP contribution in [0.5, 0.6) is 0 Å². The second kappa shape index (κ2) is 8.39. The highest BCUT2D eigenvalue weighted by Crippen LogP contribution is 2.31. The van der Waals surface area contributed by atoms with Gasteiger partial charge in [0.05, 0.1) is 5.69 Å². The molecule has 0 unspecified atom stereocenters. The van der Waals surface area contributed by atoms with Gasteiger partial charge in [-0.15, -0.1) is 0 Å². The standard InChI is InChI=1S/C23H33N3/c1-2-26-23(17-22(24-26)16-19-8-4-3-5-9-19)21-12-14-25(15-13-21)18-20-10-6-7-11-20/h3-5,8-9,17,20-21H,2,6-7,10-16,18H2,1H3. The Bertz CT molecular complexity index is 677. The first-order valence-electron chi connectivity index (χ1n) is 10.6. The molecule has 2 fully saturated rings. The Balaban J connectivity index is 1.38. The molecule has 0 atom stereocenters. The summed E-state index contributed by atoms with van der Waals surface area (Å²) in [6.45, 7) is 7.08. The minimum Gasteiger partial charge on any atom is -0.303 e. The summed E-state index contributed by atoms with van der Waals surface area (Å²) in [4.78, 5) is 2.73. The van der Waals surface area contributed by atoms with E-state index in [4.69, 9.17) is 5.10 Å². The Kier molecular flexibility index (Phi) is 5.74. The van der Waals surface area contributed by atoms with Crippen LogP contribution in [0.1, 0.15) is 68.3 Å². The van der Waals surface area contributed by atoms with E-state index < -0.39 is 0 Å². The van der Waals surface area contributed by atoms with Crippen LogP contribution in [0.3, 0.4) is 0 Å². The first-order valence-corrected chi connectivity index (χ1v) is 10.6. The summed E-state index contributed by atoms with van der Waals surface area (Å²) < 4.78 is 2.26. The van der Waals surface area contributed by atoms with E-state index in [0.29, 0.717) is 5.92 Å². The second-order valence-electron chi connectivity index (χ2n) is 8.26. The smallest absolute Gasteiger partial charge is 0.0671 e. The molecule has 2 aromatic rings. The van der Waals surface area contributed by atoms with Crippen molar-refractivity contribution in [3.05, 3.63) is 53.3 Å². The van der Waals surface area contributed by atoms with Crippen LogP contribution in [0.15, 0.2) is 36.4 Å². The van der Waals surface area contributed by atoms with Crippen molar-refractivity contribution in [2.75, 3.05) is 19.6 Å². The van der Waals surface area contributed by atoms with Gasteiger partial charge in [-0.1, -0.05) is 43.2 Å². The number of hydrogen-bond acceptors (Lipinski definition) is 2. The predicted octanol–water partition coefficient (Wildman–Crippen LogP) is 4.86. The van der Waals surface area contributed by atoms with Gasteiger partial charge in [-0.05, 0) is 63.2 Å². The largest absolute Gasteiger partial charge is 0.303 e. The first kappa shape index (κ1) is 17.8. The zero-order chi connectivity index (χ0) is 17.8. The van der Waals surface area contributed by atoms with Gasteiger partial charge in [0, 0.05) is 31.1 Å². The van der Waals surface area contributed by atoms with Gasteiger partial charge in [-0.3, -0.25) is 4.68 Å². The van der Waals surface area contributed by atoms with Gasteiger partial charge in [0.15, 0.2) is 0 Å². The van der Waals surface area contributed by atoms with Crippen molar-refractivity contribution in [3.63, 3.8) is 0 Å². The molecule has 2 aliphatic rings. The van der Waals surface area contributed by atoms with Crippen LogP contribution < -0.4 is 0 Å². The number of nitrogens with zero attached hydrogens (tertiary/aromatic N) is 3. The minimum atomic E-state index is 0.687. The molecule has 1 aromatic heterocycles. The molecule has 0 radical (unpaired) electrons. The first-order chi connectivity index (χ1) is 12.8. The summed E-state index contributed by atoms with van der Waals surface area (Å²) in [5.74, 6) is 1.66. The van der Waals surface area contributed by atoms with Crippen LogP contribution >= 0.6 is 0 Å². The maximum absolute atomic E-state index is 4.90. The van der Waals surface area contributed by atoms with Crippen LogP contribution in [-0.2, 0) is 13.0 Å². The number of piperidine rings is 1. The fraction of sp³-hybridized carbons (Fsp3) is 0.609. The highest BCUT2D eigenvalue weighted by Gasteiger charge is 2.26. The van der Waals surface area contributed by atoms with Crippen LogP contribution in [0.4, 0.5) is 0 Å².